The molecule has 1 heteroatoms. The Kier molecular flexibility index (Phi) is 3.64. The highest BCUT2D eigenvalue weighted by molar-refractivity contribution is 5.16. The second kappa shape index (κ2) is 5.46. The number of rotatable bonds is 2. The second-order valence-electron chi connectivity index (χ2n) is 8.22. The Morgan fingerprint density at radius 1 is 0.550 bits per heavy atom. The molecule has 0 radical (unpaired) electrons. The summed E-state index contributed by atoms with van der Waals surface area (Å²) < 4.78 is 2.66. The van der Waals surface area contributed by atoms with Crippen LogP contribution in [0, 0.1) is 23.7 Å². The summed E-state index contributed by atoms with van der Waals surface area (Å²) in [5, 5.41) is 0. The van der Waals surface area contributed by atoms with Gasteiger partial charge in [-0.2, -0.15) is 0 Å². The van der Waals surface area contributed by atoms with Crippen LogP contribution in [0.2, 0.25) is 0 Å². The standard InChI is InChI=1S/C19H32N/c1-20(18-12-10-14-6-2-4-8-16(14)18)19-13-11-15-7-3-5-9-17(15)19/h14-19H,1-13H2/q+1. The van der Waals surface area contributed by atoms with E-state index in [1.54, 1.807) is 0 Å². The van der Waals surface area contributed by atoms with Crippen molar-refractivity contribution in [3.8, 4) is 0 Å². The molecule has 4 fully saturated rings. The molecule has 112 valence electrons. The molecule has 4 saturated carbocycles. The van der Waals surface area contributed by atoms with Crippen molar-refractivity contribution in [2.45, 2.75) is 89.1 Å². The van der Waals surface area contributed by atoms with Gasteiger partial charge in [-0.25, -0.2) is 4.58 Å². The van der Waals surface area contributed by atoms with Gasteiger partial charge in [0.05, 0.1) is 0 Å². The van der Waals surface area contributed by atoms with Crippen LogP contribution in [-0.4, -0.2) is 23.4 Å². The van der Waals surface area contributed by atoms with Crippen LogP contribution in [0.25, 0.3) is 0 Å². The van der Waals surface area contributed by atoms with Gasteiger partial charge in [0, 0.05) is 24.7 Å². The maximum Gasteiger partial charge on any atom is 0.155 e. The average molecular weight is 274 g/mol. The summed E-state index contributed by atoms with van der Waals surface area (Å²) in [6.07, 6.45) is 17.9. The summed E-state index contributed by atoms with van der Waals surface area (Å²) in [5.74, 6) is 4.12. The first-order valence-electron chi connectivity index (χ1n) is 9.43. The van der Waals surface area contributed by atoms with Crippen LogP contribution in [0.5, 0.6) is 0 Å². The quantitative estimate of drug-likeness (QED) is 0.510. The van der Waals surface area contributed by atoms with E-state index < -0.39 is 0 Å². The SMILES string of the molecule is C=[N+](C1CCC2CCCCC21)C1CCC2CCCCC21. The molecule has 0 spiro atoms. The average Bonchev–Trinajstić information content (AvgIpc) is 3.11. The summed E-state index contributed by atoms with van der Waals surface area (Å²) in [5.41, 5.74) is 0. The zero-order valence-corrected chi connectivity index (χ0v) is 13.1. The number of fused-ring (bicyclic) bond motifs is 2. The third kappa shape index (κ3) is 2.16. The van der Waals surface area contributed by atoms with E-state index in [0.717, 1.165) is 35.8 Å². The summed E-state index contributed by atoms with van der Waals surface area (Å²) >= 11 is 0. The van der Waals surface area contributed by atoms with Crippen molar-refractivity contribution in [3.63, 3.8) is 0 Å². The van der Waals surface area contributed by atoms with Crippen molar-refractivity contribution < 1.29 is 4.58 Å². The molecule has 4 rings (SSSR count). The van der Waals surface area contributed by atoms with E-state index in [2.05, 4.69) is 11.3 Å². The smallest absolute Gasteiger partial charge is 0.155 e. The summed E-state index contributed by atoms with van der Waals surface area (Å²) in [6.45, 7) is 4.62. The highest BCUT2D eigenvalue weighted by Gasteiger charge is 2.49. The maximum atomic E-state index is 4.62. The molecule has 0 aliphatic heterocycles. The zero-order chi connectivity index (χ0) is 13.5. The van der Waals surface area contributed by atoms with Gasteiger partial charge in [0.25, 0.3) is 0 Å². The van der Waals surface area contributed by atoms with Gasteiger partial charge in [0.1, 0.15) is 6.72 Å². The fraction of sp³-hybridized carbons (Fsp3) is 0.947. The molecular weight excluding hydrogens is 242 g/mol. The summed E-state index contributed by atoms with van der Waals surface area (Å²) in [7, 11) is 0. The molecule has 0 heterocycles. The van der Waals surface area contributed by atoms with Gasteiger partial charge in [0.15, 0.2) is 12.1 Å². The molecule has 0 saturated heterocycles. The third-order valence-corrected chi connectivity index (χ3v) is 7.44. The van der Waals surface area contributed by atoms with E-state index in [1.165, 1.54) is 77.0 Å². The fourth-order valence-electron chi connectivity index (χ4n) is 6.47. The molecule has 4 aliphatic carbocycles. The first-order valence-corrected chi connectivity index (χ1v) is 9.43. The van der Waals surface area contributed by atoms with Crippen LogP contribution in [0.1, 0.15) is 77.0 Å². The lowest BCUT2D eigenvalue weighted by atomic mass is 9.78. The van der Waals surface area contributed by atoms with E-state index >= 15 is 0 Å². The monoisotopic (exact) mass is 274 g/mol. The fourth-order valence-corrected chi connectivity index (χ4v) is 6.47. The second-order valence-corrected chi connectivity index (χ2v) is 8.22. The van der Waals surface area contributed by atoms with Gasteiger partial charge < -0.3 is 0 Å². The Balaban J connectivity index is 1.47. The highest BCUT2D eigenvalue weighted by atomic mass is 15.1. The van der Waals surface area contributed by atoms with Gasteiger partial charge >= 0.3 is 0 Å². The van der Waals surface area contributed by atoms with Crippen LogP contribution in [-0.2, 0) is 0 Å². The van der Waals surface area contributed by atoms with Gasteiger partial charge in [-0.1, -0.05) is 25.7 Å². The third-order valence-electron chi connectivity index (χ3n) is 7.44. The topological polar surface area (TPSA) is 3.01 Å². The molecule has 0 aromatic rings. The first-order chi connectivity index (χ1) is 9.84. The lowest BCUT2D eigenvalue weighted by Gasteiger charge is -2.32. The predicted molar refractivity (Wildman–Crippen MR) is 84.3 cm³/mol. The Morgan fingerprint density at radius 2 is 1.00 bits per heavy atom. The number of hydrogen-bond donors (Lipinski definition) is 0. The Labute approximate surface area is 124 Å². The molecule has 0 aromatic carbocycles. The molecule has 4 aliphatic rings. The lowest BCUT2D eigenvalue weighted by molar-refractivity contribution is -0.606. The van der Waals surface area contributed by atoms with Crippen molar-refractivity contribution in [1.29, 1.82) is 0 Å². The van der Waals surface area contributed by atoms with E-state index in [-0.39, 0.29) is 0 Å². The minimum absolute atomic E-state index is 0.839. The van der Waals surface area contributed by atoms with Gasteiger partial charge in [-0.05, 0) is 50.4 Å². The Hall–Kier alpha value is -0.330. The van der Waals surface area contributed by atoms with E-state index in [9.17, 15) is 0 Å². The molecule has 0 bridgehead atoms. The summed E-state index contributed by atoms with van der Waals surface area (Å²) in [4.78, 5) is 0. The van der Waals surface area contributed by atoms with Gasteiger partial charge in [0.2, 0.25) is 0 Å². The van der Waals surface area contributed by atoms with Crippen molar-refractivity contribution >= 4 is 6.72 Å². The van der Waals surface area contributed by atoms with Gasteiger partial charge in [-0.15, -0.1) is 0 Å². The molecule has 6 atom stereocenters. The molecule has 0 amide bonds. The number of nitrogens with zero attached hydrogens (tertiary/aromatic N) is 1. The van der Waals surface area contributed by atoms with Crippen molar-refractivity contribution in [1.82, 2.24) is 0 Å². The van der Waals surface area contributed by atoms with Crippen LogP contribution in [0.3, 0.4) is 0 Å². The lowest BCUT2D eigenvalue weighted by Crippen LogP contribution is -2.41. The molecular formula is C19H32N+. The Morgan fingerprint density at radius 3 is 1.50 bits per heavy atom. The number of hydrogen-bond acceptors (Lipinski definition) is 0. The minimum Gasteiger partial charge on any atom is -0.236 e. The van der Waals surface area contributed by atoms with Crippen molar-refractivity contribution in [3.05, 3.63) is 0 Å². The van der Waals surface area contributed by atoms with E-state index in [0.29, 0.717) is 0 Å². The van der Waals surface area contributed by atoms with Crippen LogP contribution >= 0.6 is 0 Å². The van der Waals surface area contributed by atoms with Crippen LogP contribution < -0.4 is 0 Å². The zero-order valence-electron chi connectivity index (χ0n) is 13.1. The predicted octanol–water partition coefficient (Wildman–Crippen LogP) is 4.64. The summed E-state index contributed by atoms with van der Waals surface area (Å²) in [6, 6.07) is 1.68. The molecule has 6 unspecified atom stereocenters. The van der Waals surface area contributed by atoms with Crippen LogP contribution in [0.15, 0.2) is 0 Å². The largest absolute Gasteiger partial charge is 0.236 e. The molecule has 0 aromatic heterocycles. The highest BCUT2D eigenvalue weighted by Crippen LogP contribution is 2.48. The van der Waals surface area contributed by atoms with Crippen molar-refractivity contribution in [2.24, 2.45) is 23.7 Å². The molecule has 0 N–H and O–H groups in total. The molecule has 20 heavy (non-hydrogen) atoms. The maximum absolute atomic E-state index is 4.62. The van der Waals surface area contributed by atoms with E-state index in [1.807, 2.05) is 0 Å². The normalized spacial score (nSPS) is 47.8. The first kappa shape index (κ1) is 13.3. The van der Waals surface area contributed by atoms with E-state index in [4.69, 9.17) is 0 Å². The van der Waals surface area contributed by atoms with Crippen molar-refractivity contribution in [2.75, 3.05) is 0 Å². The minimum atomic E-state index is 0.839. The molecule has 1 nitrogen and oxygen atoms in total. The Bertz CT molecular complexity index is 340. The van der Waals surface area contributed by atoms with Gasteiger partial charge in [-0.3, -0.25) is 0 Å². The van der Waals surface area contributed by atoms with Crippen LogP contribution in [0.4, 0.5) is 0 Å².